The number of aryl methyl sites for hydroxylation is 1. The van der Waals surface area contributed by atoms with Gasteiger partial charge in [0.25, 0.3) is 0 Å². The molecule has 4 rings (SSSR count). The second-order valence-electron chi connectivity index (χ2n) is 7.29. The van der Waals surface area contributed by atoms with E-state index in [2.05, 4.69) is 36.5 Å². The summed E-state index contributed by atoms with van der Waals surface area (Å²) in [5.41, 5.74) is 5.67. The van der Waals surface area contributed by atoms with Gasteiger partial charge in [-0.25, -0.2) is 9.38 Å². The van der Waals surface area contributed by atoms with Crippen LogP contribution in [0.4, 0.5) is 15.8 Å². The lowest BCUT2D eigenvalue weighted by Gasteiger charge is -2.09. The van der Waals surface area contributed by atoms with Crippen molar-refractivity contribution >= 4 is 39.8 Å². The zero-order chi connectivity index (χ0) is 21.6. The molecule has 4 nitrogen and oxygen atoms in total. The summed E-state index contributed by atoms with van der Waals surface area (Å²) >= 11 is 1.42. The van der Waals surface area contributed by atoms with E-state index in [1.54, 1.807) is 12.1 Å². The van der Waals surface area contributed by atoms with Crippen molar-refractivity contribution in [3.05, 3.63) is 95.3 Å². The molecule has 0 unspecified atom stereocenters. The molecule has 0 atom stereocenters. The molecular weight excluding hydrogens is 409 g/mol. The summed E-state index contributed by atoms with van der Waals surface area (Å²) in [4.78, 5) is 22.0. The number of amides is 1. The molecule has 6 heteroatoms. The Morgan fingerprint density at radius 2 is 1.65 bits per heavy atom. The van der Waals surface area contributed by atoms with E-state index < -0.39 is 0 Å². The Hall–Kier alpha value is -3.25. The SMILES string of the molecule is Cc1ccc(C2=Nc3ccccc3N=C(SCC(=O)NCc3ccc(F)cc3)C2)cc1. The van der Waals surface area contributed by atoms with Crippen LogP contribution in [0.15, 0.2) is 82.8 Å². The number of halogens is 1. The summed E-state index contributed by atoms with van der Waals surface area (Å²) in [5, 5.41) is 3.72. The van der Waals surface area contributed by atoms with Crippen LogP contribution in [0.5, 0.6) is 0 Å². The van der Waals surface area contributed by atoms with Crippen molar-refractivity contribution in [1.82, 2.24) is 5.32 Å². The summed E-state index contributed by atoms with van der Waals surface area (Å²) in [7, 11) is 0. The number of nitrogens with one attached hydrogen (secondary N) is 1. The van der Waals surface area contributed by atoms with Crippen LogP contribution < -0.4 is 5.32 Å². The van der Waals surface area contributed by atoms with Crippen molar-refractivity contribution in [3.8, 4) is 0 Å². The lowest BCUT2D eigenvalue weighted by molar-refractivity contribution is -0.118. The minimum absolute atomic E-state index is 0.0941. The Morgan fingerprint density at radius 3 is 2.35 bits per heavy atom. The number of nitrogens with zero attached hydrogens (tertiary/aromatic N) is 2. The van der Waals surface area contributed by atoms with Crippen molar-refractivity contribution in [2.24, 2.45) is 9.98 Å². The lowest BCUT2D eigenvalue weighted by Crippen LogP contribution is -2.25. The maximum atomic E-state index is 13.0. The van der Waals surface area contributed by atoms with Crippen LogP contribution in [0.25, 0.3) is 0 Å². The molecule has 0 saturated carbocycles. The van der Waals surface area contributed by atoms with Crippen LogP contribution in [0.1, 0.15) is 23.1 Å². The molecule has 1 aliphatic heterocycles. The fraction of sp³-hybridized carbons (Fsp3) is 0.160. The molecule has 3 aromatic rings. The smallest absolute Gasteiger partial charge is 0.230 e. The van der Waals surface area contributed by atoms with E-state index in [-0.39, 0.29) is 17.5 Å². The molecule has 1 amide bonds. The Kier molecular flexibility index (Phi) is 6.57. The number of aliphatic imine (C=N–C) groups is 2. The fourth-order valence-electron chi connectivity index (χ4n) is 3.15. The molecule has 3 aromatic carbocycles. The summed E-state index contributed by atoms with van der Waals surface area (Å²) in [6.45, 7) is 2.42. The largest absolute Gasteiger partial charge is 0.351 e. The zero-order valence-electron chi connectivity index (χ0n) is 17.1. The standard InChI is InChI=1S/C25H22FN3OS/c1-17-6-10-19(11-7-17)23-14-25(29-22-5-3-2-4-21(22)28-23)31-16-24(30)27-15-18-8-12-20(26)13-9-18/h2-13H,14-16H2,1H3,(H,27,30). The molecular formula is C25H22FN3OS. The second-order valence-corrected chi connectivity index (χ2v) is 8.34. The van der Waals surface area contributed by atoms with Gasteiger partial charge >= 0.3 is 0 Å². The maximum absolute atomic E-state index is 13.0. The summed E-state index contributed by atoms with van der Waals surface area (Å²) in [6, 6.07) is 22.2. The molecule has 1 N–H and O–H groups in total. The summed E-state index contributed by atoms with van der Waals surface area (Å²) in [6.07, 6.45) is 0.563. The third-order valence-electron chi connectivity index (χ3n) is 4.86. The molecule has 31 heavy (non-hydrogen) atoms. The number of hydrogen-bond acceptors (Lipinski definition) is 4. The molecule has 0 spiro atoms. The van der Waals surface area contributed by atoms with Gasteiger partial charge in [0.15, 0.2) is 0 Å². The van der Waals surface area contributed by atoms with Crippen molar-refractivity contribution in [2.45, 2.75) is 19.9 Å². The molecule has 1 aliphatic rings. The van der Waals surface area contributed by atoms with Gasteiger partial charge in [-0.05, 0) is 42.3 Å². The number of para-hydroxylation sites is 2. The van der Waals surface area contributed by atoms with E-state index in [4.69, 9.17) is 9.98 Å². The average molecular weight is 432 g/mol. The normalized spacial score (nSPS) is 13.0. The topological polar surface area (TPSA) is 53.8 Å². The predicted octanol–water partition coefficient (Wildman–Crippen LogP) is 5.74. The van der Waals surface area contributed by atoms with E-state index in [1.807, 2.05) is 24.3 Å². The van der Waals surface area contributed by atoms with E-state index in [0.29, 0.717) is 13.0 Å². The summed E-state index contributed by atoms with van der Waals surface area (Å²) < 4.78 is 13.0. The van der Waals surface area contributed by atoms with Crippen molar-refractivity contribution in [2.75, 3.05) is 5.75 Å². The number of benzene rings is 3. The first-order valence-electron chi connectivity index (χ1n) is 10.0. The number of hydrogen-bond donors (Lipinski definition) is 1. The second kappa shape index (κ2) is 9.71. The quantitative estimate of drug-likeness (QED) is 0.560. The van der Waals surface area contributed by atoms with Gasteiger partial charge in [-0.15, -0.1) is 11.8 Å². The van der Waals surface area contributed by atoms with Crippen LogP contribution in [0.3, 0.4) is 0 Å². The van der Waals surface area contributed by atoms with E-state index in [0.717, 1.165) is 33.3 Å². The van der Waals surface area contributed by atoms with Crippen LogP contribution in [-0.2, 0) is 11.3 Å². The Balaban J connectivity index is 1.45. The average Bonchev–Trinajstić information content (AvgIpc) is 2.97. The first-order chi connectivity index (χ1) is 15.1. The van der Waals surface area contributed by atoms with E-state index >= 15 is 0 Å². The predicted molar refractivity (Wildman–Crippen MR) is 126 cm³/mol. The Morgan fingerprint density at radius 1 is 0.968 bits per heavy atom. The van der Waals surface area contributed by atoms with Gasteiger partial charge < -0.3 is 5.32 Å². The minimum Gasteiger partial charge on any atom is -0.351 e. The Labute approximate surface area is 185 Å². The van der Waals surface area contributed by atoms with Gasteiger partial charge in [-0.1, -0.05) is 54.1 Å². The molecule has 1 heterocycles. The van der Waals surface area contributed by atoms with Gasteiger partial charge in [0.1, 0.15) is 5.82 Å². The fourth-order valence-corrected chi connectivity index (χ4v) is 3.96. The van der Waals surface area contributed by atoms with Crippen LogP contribution in [0.2, 0.25) is 0 Å². The summed E-state index contributed by atoms with van der Waals surface area (Å²) in [5.74, 6) is -0.129. The van der Waals surface area contributed by atoms with Crippen molar-refractivity contribution in [3.63, 3.8) is 0 Å². The molecule has 0 aromatic heterocycles. The highest BCUT2D eigenvalue weighted by molar-refractivity contribution is 8.14. The highest BCUT2D eigenvalue weighted by Gasteiger charge is 2.16. The molecule has 156 valence electrons. The number of thioether (sulfide) groups is 1. The number of fused-ring (bicyclic) bond motifs is 1. The molecule has 0 saturated heterocycles. The van der Waals surface area contributed by atoms with Crippen molar-refractivity contribution in [1.29, 1.82) is 0 Å². The van der Waals surface area contributed by atoms with Crippen LogP contribution >= 0.6 is 11.8 Å². The van der Waals surface area contributed by atoms with Gasteiger partial charge in [-0.2, -0.15) is 0 Å². The van der Waals surface area contributed by atoms with Crippen molar-refractivity contribution < 1.29 is 9.18 Å². The third-order valence-corrected chi connectivity index (χ3v) is 5.83. The highest BCUT2D eigenvalue weighted by Crippen LogP contribution is 2.33. The Bertz CT molecular complexity index is 1140. The van der Waals surface area contributed by atoms with Gasteiger partial charge in [0, 0.05) is 13.0 Å². The number of rotatable bonds is 5. The van der Waals surface area contributed by atoms with E-state index in [1.165, 1.54) is 29.5 Å². The zero-order valence-corrected chi connectivity index (χ0v) is 18.0. The monoisotopic (exact) mass is 431 g/mol. The highest BCUT2D eigenvalue weighted by atomic mass is 32.2. The van der Waals surface area contributed by atoms with Crippen LogP contribution in [0, 0.1) is 12.7 Å². The van der Waals surface area contributed by atoms with Gasteiger partial charge in [0.2, 0.25) is 5.91 Å². The first kappa shape index (κ1) is 21.0. The minimum atomic E-state index is -0.289. The maximum Gasteiger partial charge on any atom is 0.230 e. The molecule has 0 bridgehead atoms. The molecule has 0 radical (unpaired) electrons. The third kappa shape index (κ3) is 5.67. The van der Waals surface area contributed by atoms with Gasteiger partial charge in [0.05, 0.1) is 27.9 Å². The molecule has 0 aliphatic carbocycles. The van der Waals surface area contributed by atoms with E-state index in [9.17, 15) is 9.18 Å². The van der Waals surface area contributed by atoms with Gasteiger partial charge in [-0.3, -0.25) is 9.79 Å². The molecule has 0 fully saturated rings. The van der Waals surface area contributed by atoms with Crippen LogP contribution in [-0.4, -0.2) is 22.4 Å². The first-order valence-corrected chi connectivity index (χ1v) is 11.0. The lowest BCUT2D eigenvalue weighted by atomic mass is 10.1. The number of carbonyl (C=O) groups is 1. The number of carbonyl (C=O) groups excluding carboxylic acids is 1.